The monoisotopic (exact) mass is 523 g/mol. The molecule has 1 aliphatic carbocycles. The predicted octanol–water partition coefficient (Wildman–Crippen LogP) is 5.57. The molecule has 0 bridgehead atoms. The second kappa shape index (κ2) is 9.71. The third kappa shape index (κ3) is 4.98. The van der Waals surface area contributed by atoms with E-state index in [4.69, 9.17) is 0 Å². The van der Waals surface area contributed by atoms with E-state index >= 15 is 0 Å². The van der Waals surface area contributed by atoms with Crippen molar-refractivity contribution in [1.82, 2.24) is 19.5 Å². The summed E-state index contributed by atoms with van der Waals surface area (Å²) < 4.78 is 2.76. The highest BCUT2D eigenvalue weighted by Crippen LogP contribution is 2.33. The largest absolute Gasteiger partial charge is 0.366 e. The quantitative estimate of drug-likeness (QED) is 0.257. The molecule has 2 aromatic carbocycles. The number of fused-ring (bicyclic) bond motifs is 1. The molecule has 0 aliphatic heterocycles. The Morgan fingerprint density at radius 2 is 1.76 bits per heavy atom. The van der Waals surface area contributed by atoms with Crippen molar-refractivity contribution in [1.29, 1.82) is 0 Å². The van der Waals surface area contributed by atoms with Crippen molar-refractivity contribution in [2.75, 3.05) is 16.0 Å². The normalized spacial score (nSPS) is 12.9. The Bertz CT molecular complexity index is 1690. The number of anilines is 3. The number of carbonyl (C=O) groups excluding carboxylic acids is 2. The molecule has 38 heavy (non-hydrogen) atoms. The van der Waals surface area contributed by atoms with Crippen molar-refractivity contribution in [3.05, 3.63) is 89.1 Å². The molecule has 1 fully saturated rings. The Kier molecular flexibility index (Phi) is 6.09. The number of aromatic nitrogens is 4. The molecular formula is C28H25N7O2S. The lowest BCUT2D eigenvalue weighted by atomic mass is 10.1. The van der Waals surface area contributed by atoms with Gasteiger partial charge in [0.1, 0.15) is 12.1 Å². The Balaban J connectivity index is 1.18. The molecule has 10 heteroatoms. The van der Waals surface area contributed by atoms with E-state index in [1.165, 1.54) is 17.7 Å². The van der Waals surface area contributed by atoms with Gasteiger partial charge in [0.25, 0.3) is 11.8 Å². The standard InChI is InChI=1S/C28H25N7O2S/c1-16-8-18(10-22(9-16)35-12-17(2)31-15-35)27(36)33-20-4-3-5-21(11-20)34-28(37)23-13-38-25-24(23)29-14-30-26(25)32-19-6-7-19/h3-5,8-15,19H,6-7H2,1-2H3,(H,33,36)(H,34,37)(H,29,30,32). The highest BCUT2D eigenvalue weighted by atomic mass is 32.1. The number of benzene rings is 2. The lowest BCUT2D eigenvalue weighted by Gasteiger charge is -2.11. The van der Waals surface area contributed by atoms with Gasteiger partial charge in [-0.1, -0.05) is 6.07 Å². The summed E-state index contributed by atoms with van der Waals surface area (Å²) in [4.78, 5) is 39.2. The van der Waals surface area contributed by atoms with Crippen molar-refractivity contribution in [2.24, 2.45) is 0 Å². The first kappa shape index (κ1) is 23.8. The third-order valence-electron chi connectivity index (χ3n) is 6.23. The fourth-order valence-corrected chi connectivity index (χ4v) is 5.17. The summed E-state index contributed by atoms with van der Waals surface area (Å²) in [5.41, 5.74) is 5.50. The minimum atomic E-state index is -0.269. The van der Waals surface area contributed by atoms with E-state index in [0.717, 1.165) is 40.3 Å². The zero-order chi connectivity index (χ0) is 26.2. The van der Waals surface area contributed by atoms with Crippen LogP contribution in [-0.2, 0) is 0 Å². The Hall–Kier alpha value is -4.57. The van der Waals surface area contributed by atoms with Crippen molar-refractivity contribution >= 4 is 50.6 Å². The molecule has 0 spiro atoms. The average Bonchev–Trinajstić information content (AvgIpc) is 3.42. The van der Waals surface area contributed by atoms with E-state index in [-0.39, 0.29) is 11.8 Å². The van der Waals surface area contributed by atoms with Crippen LogP contribution in [0, 0.1) is 13.8 Å². The first-order valence-electron chi connectivity index (χ1n) is 12.3. The number of amides is 2. The number of nitrogens with one attached hydrogen (secondary N) is 3. The molecule has 5 aromatic rings. The Morgan fingerprint density at radius 1 is 0.974 bits per heavy atom. The molecule has 1 saturated carbocycles. The maximum Gasteiger partial charge on any atom is 0.258 e. The summed E-state index contributed by atoms with van der Waals surface area (Å²) in [7, 11) is 0. The molecule has 3 aromatic heterocycles. The van der Waals surface area contributed by atoms with Crippen LogP contribution in [-0.4, -0.2) is 37.4 Å². The van der Waals surface area contributed by atoms with Crippen molar-refractivity contribution in [3.63, 3.8) is 0 Å². The number of hydrogen-bond donors (Lipinski definition) is 3. The van der Waals surface area contributed by atoms with E-state index in [9.17, 15) is 9.59 Å². The number of aryl methyl sites for hydroxylation is 2. The van der Waals surface area contributed by atoms with Crippen molar-refractivity contribution in [3.8, 4) is 5.69 Å². The lowest BCUT2D eigenvalue weighted by molar-refractivity contribution is 0.102. The van der Waals surface area contributed by atoms with E-state index < -0.39 is 0 Å². The molecule has 6 rings (SSSR count). The molecule has 0 radical (unpaired) electrons. The molecule has 0 saturated heterocycles. The van der Waals surface area contributed by atoms with E-state index in [2.05, 4.69) is 30.9 Å². The number of thiophene rings is 1. The molecular weight excluding hydrogens is 498 g/mol. The van der Waals surface area contributed by atoms with Crippen molar-refractivity contribution < 1.29 is 9.59 Å². The molecule has 3 heterocycles. The summed E-state index contributed by atoms with van der Waals surface area (Å²) in [5, 5.41) is 11.1. The zero-order valence-electron chi connectivity index (χ0n) is 20.9. The number of carbonyl (C=O) groups is 2. The molecule has 3 N–H and O–H groups in total. The summed E-state index contributed by atoms with van der Waals surface area (Å²) in [6, 6.07) is 13.2. The van der Waals surface area contributed by atoms with E-state index in [1.54, 1.807) is 36.0 Å². The van der Waals surface area contributed by atoms with Crippen LogP contribution in [0.1, 0.15) is 44.8 Å². The molecule has 0 atom stereocenters. The maximum absolute atomic E-state index is 13.1. The molecule has 0 unspecified atom stereocenters. The zero-order valence-corrected chi connectivity index (χ0v) is 21.7. The van der Waals surface area contributed by atoms with Gasteiger partial charge in [-0.2, -0.15) is 0 Å². The van der Waals surface area contributed by atoms with Crippen LogP contribution >= 0.6 is 11.3 Å². The van der Waals surface area contributed by atoms with E-state index in [0.29, 0.717) is 34.1 Å². The number of nitrogens with zero attached hydrogens (tertiary/aromatic N) is 4. The van der Waals surface area contributed by atoms with Crippen molar-refractivity contribution in [2.45, 2.75) is 32.7 Å². The SMILES string of the molecule is Cc1cc(C(=O)Nc2cccc(NC(=O)c3csc4c(NC5CC5)ncnc34)c2)cc(-n2cnc(C)c2)c1. The second-order valence-corrected chi connectivity index (χ2v) is 10.3. The van der Waals surface area contributed by atoms with Crippen LogP contribution in [0.15, 0.2) is 66.7 Å². The van der Waals surface area contributed by atoms with Gasteiger partial charge in [0.05, 0.1) is 27.8 Å². The van der Waals surface area contributed by atoms with Gasteiger partial charge in [0, 0.05) is 40.2 Å². The van der Waals surface area contributed by atoms with Gasteiger partial charge < -0.3 is 20.5 Å². The highest BCUT2D eigenvalue weighted by molar-refractivity contribution is 7.18. The number of imidazole rings is 1. The lowest BCUT2D eigenvalue weighted by Crippen LogP contribution is -2.14. The first-order valence-corrected chi connectivity index (χ1v) is 13.1. The fraction of sp³-hybridized carbons (Fsp3) is 0.179. The van der Waals surface area contributed by atoms with Crippen LogP contribution in [0.5, 0.6) is 0 Å². The topological polar surface area (TPSA) is 114 Å². The number of rotatable bonds is 7. The summed E-state index contributed by atoms with van der Waals surface area (Å²) in [5.74, 6) is 0.259. The third-order valence-corrected chi connectivity index (χ3v) is 7.20. The van der Waals surface area contributed by atoms with Gasteiger partial charge in [0.2, 0.25) is 0 Å². The predicted molar refractivity (Wildman–Crippen MR) is 149 cm³/mol. The van der Waals surface area contributed by atoms with Gasteiger partial charge in [-0.25, -0.2) is 15.0 Å². The van der Waals surface area contributed by atoms with Crippen LogP contribution in [0.25, 0.3) is 15.9 Å². The Morgan fingerprint density at radius 3 is 2.50 bits per heavy atom. The molecule has 9 nitrogen and oxygen atoms in total. The smallest absolute Gasteiger partial charge is 0.258 e. The minimum absolute atomic E-state index is 0.244. The van der Waals surface area contributed by atoms with E-state index in [1.807, 2.05) is 42.8 Å². The van der Waals surface area contributed by atoms with Gasteiger partial charge in [-0.3, -0.25) is 9.59 Å². The summed E-state index contributed by atoms with van der Waals surface area (Å²) in [6.07, 6.45) is 7.39. The van der Waals surface area contributed by atoms with Gasteiger partial charge in [0.15, 0.2) is 0 Å². The maximum atomic E-state index is 13.1. The summed E-state index contributed by atoms with van der Waals surface area (Å²) >= 11 is 1.45. The highest BCUT2D eigenvalue weighted by Gasteiger charge is 2.24. The number of hydrogen-bond acceptors (Lipinski definition) is 7. The molecule has 190 valence electrons. The second-order valence-electron chi connectivity index (χ2n) is 9.44. The molecule has 1 aliphatic rings. The average molecular weight is 524 g/mol. The van der Waals surface area contributed by atoms with Gasteiger partial charge in [-0.05, 0) is 68.7 Å². The van der Waals surface area contributed by atoms with Crippen LogP contribution in [0.2, 0.25) is 0 Å². The fourth-order valence-electron chi connectivity index (χ4n) is 4.22. The minimum Gasteiger partial charge on any atom is -0.366 e. The van der Waals surface area contributed by atoms with Crippen LogP contribution < -0.4 is 16.0 Å². The van der Waals surface area contributed by atoms with Gasteiger partial charge >= 0.3 is 0 Å². The van der Waals surface area contributed by atoms with Crippen LogP contribution in [0.3, 0.4) is 0 Å². The summed E-state index contributed by atoms with van der Waals surface area (Å²) in [6.45, 7) is 3.87. The van der Waals surface area contributed by atoms with Gasteiger partial charge in [-0.15, -0.1) is 11.3 Å². The van der Waals surface area contributed by atoms with Crippen LogP contribution in [0.4, 0.5) is 17.2 Å². The Labute approximate surface area is 223 Å². The first-order chi connectivity index (χ1) is 18.4. The molecule has 2 amide bonds.